The fraction of sp³-hybridized carbons (Fsp3) is 0. The summed E-state index contributed by atoms with van der Waals surface area (Å²) in [5.74, 6) is 0. The monoisotopic (exact) mass is 156 g/mol. The Morgan fingerprint density at radius 3 is 1.40 bits per heavy atom. The normalized spacial score (nSPS) is 7.20. The first-order valence-electron chi connectivity index (χ1n) is 2.40. The first-order chi connectivity index (χ1) is 3.80. The molecule has 10 heavy (non-hydrogen) atoms. The minimum atomic E-state index is 0. The van der Waals surface area contributed by atoms with Gasteiger partial charge in [-0.25, -0.2) is 0 Å². The predicted molar refractivity (Wildman–Crippen MR) is 37.5 cm³/mol. The van der Waals surface area contributed by atoms with E-state index in [1.165, 1.54) is 0 Å². The number of hydrogen-bond acceptors (Lipinski definition) is 2. The van der Waals surface area contributed by atoms with E-state index < -0.39 is 0 Å². The van der Waals surface area contributed by atoms with E-state index >= 15 is 0 Å². The molecule has 0 radical (unpaired) electrons. The summed E-state index contributed by atoms with van der Waals surface area (Å²) >= 11 is 0. The molecule has 1 aromatic rings. The third-order valence-corrected chi connectivity index (χ3v) is 0.996. The molecule has 1 rings (SSSR count). The fourth-order valence-electron chi connectivity index (χ4n) is 0.511. The summed E-state index contributed by atoms with van der Waals surface area (Å²) in [6, 6.07) is 7.25. The van der Waals surface area contributed by atoms with Gasteiger partial charge in [-0.15, -0.1) is 0 Å². The van der Waals surface area contributed by atoms with Crippen LogP contribution in [0.15, 0.2) is 24.3 Å². The summed E-state index contributed by atoms with van der Waals surface area (Å²) < 4.78 is 0. The SMILES string of the molecule is Nc1ccccc1N.[H-].[H-].[Na+].[Na+]. The molecule has 0 unspecified atom stereocenters. The molecular weight excluding hydrogens is 146 g/mol. The van der Waals surface area contributed by atoms with Gasteiger partial charge in [0.15, 0.2) is 0 Å². The van der Waals surface area contributed by atoms with Crippen LogP contribution in [0, 0.1) is 0 Å². The molecular formula is C6H10N2Na2. The van der Waals surface area contributed by atoms with Crippen molar-refractivity contribution in [3.05, 3.63) is 24.3 Å². The average Bonchev–Trinajstić information content (AvgIpc) is 1.77. The number of anilines is 2. The molecule has 2 nitrogen and oxygen atoms in total. The smallest absolute Gasteiger partial charge is 1.00 e. The van der Waals surface area contributed by atoms with Crippen LogP contribution in [0.4, 0.5) is 11.4 Å². The van der Waals surface area contributed by atoms with E-state index in [4.69, 9.17) is 11.5 Å². The summed E-state index contributed by atoms with van der Waals surface area (Å²) in [4.78, 5) is 0. The van der Waals surface area contributed by atoms with Gasteiger partial charge < -0.3 is 14.3 Å². The van der Waals surface area contributed by atoms with E-state index in [1.807, 2.05) is 12.1 Å². The number of nitrogens with two attached hydrogens (primary N) is 2. The zero-order valence-electron chi connectivity index (χ0n) is 8.46. The van der Waals surface area contributed by atoms with Crippen LogP contribution in [0.1, 0.15) is 2.85 Å². The van der Waals surface area contributed by atoms with Crippen molar-refractivity contribution in [1.29, 1.82) is 0 Å². The zero-order valence-corrected chi connectivity index (χ0v) is 10.5. The quantitative estimate of drug-likeness (QED) is 0.292. The number of benzene rings is 1. The van der Waals surface area contributed by atoms with E-state index in [2.05, 4.69) is 0 Å². The molecule has 4 heteroatoms. The summed E-state index contributed by atoms with van der Waals surface area (Å²) in [7, 11) is 0. The predicted octanol–water partition coefficient (Wildman–Crippen LogP) is -4.92. The van der Waals surface area contributed by atoms with Gasteiger partial charge in [-0.05, 0) is 12.1 Å². The van der Waals surface area contributed by atoms with Crippen molar-refractivity contribution >= 4 is 11.4 Å². The van der Waals surface area contributed by atoms with Crippen LogP contribution in [0.25, 0.3) is 0 Å². The number of hydrogen-bond donors (Lipinski definition) is 2. The van der Waals surface area contributed by atoms with Crippen molar-refractivity contribution < 1.29 is 62.0 Å². The van der Waals surface area contributed by atoms with Crippen molar-refractivity contribution in [1.82, 2.24) is 0 Å². The first-order valence-corrected chi connectivity index (χ1v) is 2.40. The van der Waals surface area contributed by atoms with Gasteiger partial charge in [0.2, 0.25) is 0 Å². The Labute approximate surface area is 108 Å². The molecule has 0 spiro atoms. The maximum atomic E-state index is 5.39. The van der Waals surface area contributed by atoms with Gasteiger partial charge in [0.1, 0.15) is 0 Å². The van der Waals surface area contributed by atoms with Crippen LogP contribution in [0.2, 0.25) is 0 Å². The van der Waals surface area contributed by atoms with Crippen LogP contribution in [-0.4, -0.2) is 0 Å². The largest absolute Gasteiger partial charge is 1.00 e. The molecule has 0 aromatic heterocycles. The van der Waals surface area contributed by atoms with Gasteiger partial charge in [-0.2, -0.15) is 0 Å². The molecule has 0 saturated heterocycles. The molecule has 0 heterocycles. The molecule has 0 atom stereocenters. The second-order valence-electron chi connectivity index (χ2n) is 1.63. The van der Waals surface area contributed by atoms with Gasteiger partial charge in [-0.3, -0.25) is 0 Å². The maximum Gasteiger partial charge on any atom is 1.00 e. The van der Waals surface area contributed by atoms with Gasteiger partial charge in [0.25, 0.3) is 0 Å². The van der Waals surface area contributed by atoms with Crippen LogP contribution in [0.5, 0.6) is 0 Å². The molecule has 0 saturated carbocycles. The number of nitrogen functional groups attached to an aromatic ring is 2. The Bertz CT molecular complexity index is 178. The minimum Gasteiger partial charge on any atom is -1.00 e. The maximum absolute atomic E-state index is 5.39. The van der Waals surface area contributed by atoms with Gasteiger partial charge >= 0.3 is 59.1 Å². The van der Waals surface area contributed by atoms with Crippen molar-refractivity contribution in [2.24, 2.45) is 0 Å². The summed E-state index contributed by atoms with van der Waals surface area (Å²) in [5, 5.41) is 0. The van der Waals surface area contributed by atoms with Crippen molar-refractivity contribution in [2.45, 2.75) is 0 Å². The summed E-state index contributed by atoms with van der Waals surface area (Å²) in [6.45, 7) is 0. The average molecular weight is 156 g/mol. The Kier molecular flexibility index (Phi) is 8.75. The number of para-hydroxylation sites is 2. The summed E-state index contributed by atoms with van der Waals surface area (Å²) in [6.07, 6.45) is 0. The minimum absolute atomic E-state index is 0. The molecule has 0 aliphatic rings. The topological polar surface area (TPSA) is 52.0 Å². The molecule has 0 aliphatic heterocycles. The second-order valence-corrected chi connectivity index (χ2v) is 1.63. The molecule has 0 amide bonds. The van der Waals surface area contributed by atoms with E-state index in [0.29, 0.717) is 11.4 Å². The third kappa shape index (κ3) is 3.86. The van der Waals surface area contributed by atoms with Crippen LogP contribution < -0.4 is 70.6 Å². The Morgan fingerprint density at radius 1 is 0.900 bits per heavy atom. The second kappa shape index (κ2) is 6.53. The van der Waals surface area contributed by atoms with E-state index in [-0.39, 0.29) is 62.0 Å². The summed E-state index contributed by atoms with van der Waals surface area (Å²) in [5.41, 5.74) is 12.1. The molecule has 0 bridgehead atoms. The molecule has 46 valence electrons. The van der Waals surface area contributed by atoms with E-state index in [9.17, 15) is 0 Å². The molecule has 1 aromatic carbocycles. The molecule has 0 fully saturated rings. The van der Waals surface area contributed by atoms with Crippen LogP contribution in [-0.2, 0) is 0 Å². The Morgan fingerprint density at radius 2 is 1.20 bits per heavy atom. The molecule has 0 aliphatic carbocycles. The first kappa shape index (κ1) is 13.4. The standard InChI is InChI=1S/C6H8N2.2Na.2H/c7-5-3-1-2-4-6(5)8;;;;/h1-4H,7-8H2;;;;/q;2*+1;2*-1. The Balaban J connectivity index is -0.0000000800. The van der Waals surface area contributed by atoms with E-state index in [1.54, 1.807) is 12.1 Å². The van der Waals surface area contributed by atoms with Crippen molar-refractivity contribution in [3.63, 3.8) is 0 Å². The molecule has 4 N–H and O–H groups in total. The van der Waals surface area contributed by atoms with E-state index in [0.717, 1.165) is 0 Å². The van der Waals surface area contributed by atoms with Crippen LogP contribution in [0.3, 0.4) is 0 Å². The van der Waals surface area contributed by atoms with Gasteiger partial charge in [0, 0.05) is 0 Å². The van der Waals surface area contributed by atoms with Crippen LogP contribution >= 0.6 is 0 Å². The Hall–Kier alpha value is 0.820. The van der Waals surface area contributed by atoms with Crippen molar-refractivity contribution in [3.8, 4) is 0 Å². The van der Waals surface area contributed by atoms with Gasteiger partial charge in [0.05, 0.1) is 11.4 Å². The number of rotatable bonds is 0. The third-order valence-electron chi connectivity index (χ3n) is 0.996. The van der Waals surface area contributed by atoms with Crippen molar-refractivity contribution in [2.75, 3.05) is 11.5 Å². The zero-order chi connectivity index (χ0) is 5.98. The fourth-order valence-corrected chi connectivity index (χ4v) is 0.511. The van der Waals surface area contributed by atoms with Gasteiger partial charge in [-0.1, -0.05) is 12.1 Å².